The van der Waals surface area contributed by atoms with Gasteiger partial charge in [-0.25, -0.2) is 4.79 Å². The summed E-state index contributed by atoms with van der Waals surface area (Å²) in [4.78, 5) is 29.3. The molecule has 0 aliphatic carbocycles. The molecule has 1 saturated heterocycles. The summed E-state index contributed by atoms with van der Waals surface area (Å²) in [5, 5.41) is 14.9. The molecule has 140 valence electrons. The van der Waals surface area contributed by atoms with Gasteiger partial charge in [0, 0.05) is 30.6 Å². The largest absolute Gasteiger partial charge is 0.444 e. The number of azide groups is 1. The molecule has 0 bridgehead atoms. The highest BCUT2D eigenvalue weighted by molar-refractivity contribution is 5.76. The fourth-order valence-corrected chi connectivity index (χ4v) is 2.86. The van der Waals surface area contributed by atoms with Crippen molar-refractivity contribution >= 4 is 23.2 Å². The normalized spacial score (nSPS) is 17.5. The number of piperazine rings is 1. The van der Waals surface area contributed by atoms with Gasteiger partial charge in [0.05, 0.1) is 4.92 Å². The Kier molecular flexibility index (Phi) is 5.56. The third kappa shape index (κ3) is 4.34. The summed E-state index contributed by atoms with van der Waals surface area (Å²) in [7, 11) is 0. The van der Waals surface area contributed by atoms with Crippen LogP contribution in [-0.2, 0) is 4.74 Å². The molecule has 10 heteroatoms. The topological polar surface area (TPSA) is 125 Å². The SMILES string of the molecule is C[C@@H]1CN(c2cccc(N=[N+]=[N-])c2[N+](=O)[O-])CCN1C(=O)OC(C)(C)C. The number of hydrogen-bond acceptors (Lipinski definition) is 6. The first-order valence-electron chi connectivity index (χ1n) is 8.21. The van der Waals surface area contributed by atoms with Crippen molar-refractivity contribution in [1.82, 2.24) is 4.90 Å². The van der Waals surface area contributed by atoms with Crippen LogP contribution in [-0.4, -0.2) is 47.2 Å². The molecule has 1 aromatic rings. The fourth-order valence-electron chi connectivity index (χ4n) is 2.86. The number of amides is 1. The number of nitro benzene ring substituents is 1. The Balaban J connectivity index is 2.24. The smallest absolute Gasteiger partial charge is 0.410 e. The van der Waals surface area contributed by atoms with E-state index < -0.39 is 16.6 Å². The van der Waals surface area contributed by atoms with E-state index in [0.717, 1.165) is 0 Å². The van der Waals surface area contributed by atoms with E-state index in [2.05, 4.69) is 10.0 Å². The van der Waals surface area contributed by atoms with Crippen LogP contribution in [0.1, 0.15) is 27.7 Å². The second-order valence-corrected chi connectivity index (χ2v) is 7.06. The predicted octanol–water partition coefficient (Wildman–Crippen LogP) is 3.98. The van der Waals surface area contributed by atoms with Gasteiger partial charge in [0.15, 0.2) is 0 Å². The molecule has 0 unspecified atom stereocenters. The second kappa shape index (κ2) is 7.49. The summed E-state index contributed by atoms with van der Waals surface area (Å²) < 4.78 is 5.41. The summed E-state index contributed by atoms with van der Waals surface area (Å²) in [6, 6.07) is 4.44. The Morgan fingerprint density at radius 2 is 2.12 bits per heavy atom. The Labute approximate surface area is 151 Å². The zero-order valence-corrected chi connectivity index (χ0v) is 15.2. The molecule has 1 atom stereocenters. The molecule has 0 N–H and O–H groups in total. The number of anilines is 1. The van der Waals surface area contributed by atoms with Crippen LogP contribution in [0.5, 0.6) is 0 Å². The van der Waals surface area contributed by atoms with Gasteiger partial charge in [-0.3, -0.25) is 10.1 Å². The first kappa shape index (κ1) is 19.3. The van der Waals surface area contributed by atoms with E-state index in [0.29, 0.717) is 25.3 Å². The van der Waals surface area contributed by atoms with E-state index in [1.54, 1.807) is 37.8 Å². The van der Waals surface area contributed by atoms with E-state index in [1.165, 1.54) is 6.07 Å². The quantitative estimate of drug-likeness (QED) is 0.264. The molecule has 0 spiro atoms. The van der Waals surface area contributed by atoms with Crippen LogP contribution >= 0.6 is 0 Å². The molecule has 0 radical (unpaired) electrons. The maximum Gasteiger partial charge on any atom is 0.410 e. The van der Waals surface area contributed by atoms with Crippen LogP contribution in [0.25, 0.3) is 10.4 Å². The number of carbonyl (C=O) groups is 1. The minimum absolute atomic E-state index is 0.0303. The van der Waals surface area contributed by atoms with Gasteiger partial charge in [-0.15, -0.1) is 0 Å². The standard InChI is InChI=1S/C16H22N6O4/c1-11-10-20(8-9-21(11)15(23)26-16(2,3)4)13-7-5-6-12(18-19-17)14(13)22(24)25/h5-7,11H,8-10H2,1-4H3/t11-/m1/s1. The second-order valence-electron chi connectivity index (χ2n) is 7.06. The van der Waals surface area contributed by atoms with Crippen LogP contribution in [0, 0.1) is 10.1 Å². The van der Waals surface area contributed by atoms with Crippen molar-refractivity contribution in [3.63, 3.8) is 0 Å². The highest BCUT2D eigenvalue weighted by Gasteiger charge is 2.33. The summed E-state index contributed by atoms with van der Waals surface area (Å²) >= 11 is 0. The molecular weight excluding hydrogens is 340 g/mol. The number of benzene rings is 1. The minimum atomic E-state index is -0.587. The first-order chi connectivity index (χ1) is 12.1. The molecule has 1 fully saturated rings. The van der Waals surface area contributed by atoms with Crippen molar-refractivity contribution in [3.05, 3.63) is 38.8 Å². The summed E-state index contributed by atoms with van der Waals surface area (Å²) in [5.41, 5.74) is 8.14. The van der Waals surface area contributed by atoms with Gasteiger partial charge in [0.2, 0.25) is 0 Å². The molecule has 2 rings (SSSR count). The number of rotatable bonds is 3. The Morgan fingerprint density at radius 3 is 2.65 bits per heavy atom. The van der Waals surface area contributed by atoms with Gasteiger partial charge in [0.1, 0.15) is 17.0 Å². The van der Waals surface area contributed by atoms with Crippen LogP contribution in [0.3, 0.4) is 0 Å². The number of nitrogens with zero attached hydrogens (tertiary/aromatic N) is 6. The molecule has 1 aromatic carbocycles. The lowest BCUT2D eigenvalue weighted by atomic mass is 10.1. The summed E-state index contributed by atoms with van der Waals surface area (Å²) in [5.74, 6) is 0. The predicted molar refractivity (Wildman–Crippen MR) is 96.5 cm³/mol. The maximum atomic E-state index is 12.3. The molecule has 1 aliphatic rings. The molecule has 10 nitrogen and oxygen atoms in total. The molecule has 1 amide bonds. The lowest BCUT2D eigenvalue weighted by molar-refractivity contribution is -0.383. The summed E-state index contributed by atoms with van der Waals surface area (Å²) in [6.07, 6.45) is -0.401. The fraction of sp³-hybridized carbons (Fsp3) is 0.562. The van der Waals surface area contributed by atoms with Gasteiger partial charge in [0.25, 0.3) is 0 Å². The van der Waals surface area contributed by atoms with Gasteiger partial charge in [-0.2, -0.15) is 0 Å². The van der Waals surface area contributed by atoms with Crippen molar-refractivity contribution < 1.29 is 14.5 Å². The average molecular weight is 362 g/mol. The molecule has 0 saturated carbocycles. The Bertz CT molecular complexity index is 754. The van der Waals surface area contributed by atoms with E-state index in [4.69, 9.17) is 10.3 Å². The maximum absolute atomic E-state index is 12.3. The zero-order chi connectivity index (χ0) is 19.5. The van der Waals surface area contributed by atoms with Crippen molar-refractivity contribution in [3.8, 4) is 0 Å². The summed E-state index contributed by atoms with van der Waals surface area (Å²) in [6.45, 7) is 8.45. The van der Waals surface area contributed by atoms with Crippen molar-refractivity contribution in [2.75, 3.05) is 24.5 Å². The molecular formula is C16H22N6O4. The highest BCUT2D eigenvalue weighted by Crippen LogP contribution is 2.38. The third-order valence-corrected chi connectivity index (χ3v) is 3.92. The molecule has 1 heterocycles. The van der Waals surface area contributed by atoms with Crippen LogP contribution in [0.15, 0.2) is 23.3 Å². The number of hydrogen-bond donors (Lipinski definition) is 0. The molecule has 26 heavy (non-hydrogen) atoms. The van der Waals surface area contributed by atoms with Crippen LogP contribution in [0.4, 0.5) is 21.9 Å². The van der Waals surface area contributed by atoms with Crippen molar-refractivity contribution in [2.45, 2.75) is 39.3 Å². The Hall–Kier alpha value is -3.00. The number of para-hydroxylation sites is 1. The Morgan fingerprint density at radius 1 is 1.42 bits per heavy atom. The minimum Gasteiger partial charge on any atom is -0.444 e. The zero-order valence-electron chi connectivity index (χ0n) is 15.2. The van der Waals surface area contributed by atoms with E-state index in [1.807, 2.05) is 11.8 Å². The molecule has 0 aromatic heterocycles. The average Bonchev–Trinajstić information content (AvgIpc) is 2.52. The molecule has 1 aliphatic heterocycles. The van der Waals surface area contributed by atoms with E-state index in [-0.39, 0.29) is 17.4 Å². The van der Waals surface area contributed by atoms with Gasteiger partial charge >= 0.3 is 11.8 Å². The van der Waals surface area contributed by atoms with E-state index in [9.17, 15) is 14.9 Å². The van der Waals surface area contributed by atoms with Crippen molar-refractivity contribution in [2.24, 2.45) is 5.11 Å². The number of ether oxygens (including phenoxy) is 1. The van der Waals surface area contributed by atoms with Crippen molar-refractivity contribution in [1.29, 1.82) is 0 Å². The lowest BCUT2D eigenvalue weighted by Gasteiger charge is -2.41. The van der Waals surface area contributed by atoms with Gasteiger partial charge in [-0.1, -0.05) is 11.2 Å². The first-order valence-corrected chi connectivity index (χ1v) is 8.21. The van der Waals surface area contributed by atoms with Gasteiger partial charge < -0.3 is 14.5 Å². The monoisotopic (exact) mass is 362 g/mol. The number of nitro groups is 1. The van der Waals surface area contributed by atoms with Crippen LogP contribution < -0.4 is 4.90 Å². The van der Waals surface area contributed by atoms with Gasteiger partial charge in [-0.05, 0) is 45.4 Å². The van der Waals surface area contributed by atoms with E-state index >= 15 is 0 Å². The lowest BCUT2D eigenvalue weighted by Crippen LogP contribution is -2.55. The highest BCUT2D eigenvalue weighted by atomic mass is 16.6. The third-order valence-electron chi connectivity index (χ3n) is 3.92. The number of carbonyl (C=O) groups excluding carboxylic acids is 1. The van der Waals surface area contributed by atoms with Crippen LogP contribution in [0.2, 0.25) is 0 Å².